The van der Waals surface area contributed by atoms with Crippen molar-refractivity contribution in [2.45, 2.75) is 27.2 Å². The molecule has 0 atom stereocenters. The molecule has 1 nitrogen and oxygen atoms in total. The van der Waals surface area contributed by atoms with Gasteiger partial charge in [0, 0.05) is 0 Å². The van der Waals surface area contributed by atoms with Crippen LogP contribution in [0.25, 0.3) is 0 Å². The standard InChI is InChI=1S/3C7H6Br.C5H11NS2.Sn/c3*1-6-4-2-3-5-7(6)8;1-3-6(4-2)5(7)8;/h3*2-5H,1H2;3-4H2,1-2H3,(H,7,8);/q;;;;+1/p-1. The zero-order valence-corrected chi connectivity index (χ0v) is 28.1. The van der Waals surface area contributed by atoms with Gasteiger partial charge in [-0.3, -0.25) is 0 Å². The number of halogens is 3. The Morgan fingerprint density at radius 2 is 1.03 bits per heavy atom. The Hall–Kier alpha value is 0.139. The van der Waals surface area contributed by atoms with Gasteiger partial charge in [0.1, 0.15) is 0 Å². The second-order valence-corrected chi connectivity index (χ2v) is 29.2. The third kappa shape index (κ3) is 7.81. The van der Waals surface area contributed by atoms with E-state index in [0.717, 1.165) is 30.7 Å². The molecule has 0 bridgehead atoms. The van der Waals surface area contributed by atoms with Crippen molar-refractivity contribution in [1.82, 2.24) is 4.90 Å². The summed E-state index contributed by atoms with van der Waals surface area (Å²) in [5, 5.41) is 0. The fraction of sp³-hybridized carbons (Fsp3) is 0.269. The Morgan fingerprint density at radius 3 is 1.33 bits per heavy atom. The predicted octanol–water partition coefficient (Wildman–Crippen LogP) is 8.93. The van der Waals surface area contributed by atoms with E-state index in [-0.39, 0.29) is 0 Å². The first-order chi connectivity index (χ1) is 15.9. The van der Waals surface area contributed by atoms with Crippen LogP contribution in [0.5, 0.6) is 0 Å². The van der Waals surface area contributed by atoms with Crippen LogP contribution in [0.1, 0.15) is 30.5 Å². The van der Waals surface area contributed by atoms with E-state index in [2.05, 4.69) is 148 Å². The zero-order valence-electron chi connectivity index (χ0n) is 18.9. The average molecular weight is 777 g/mol. The van der Waals surface area contributed by atoms with Crippen molar-refractivity contribution in [3.8, 4) is 0 Å². The summed E-state index contributed by atoms with van der Waals surface area (Å²) in [7, 11) is 2.06. The van der Waals surface area contributed by atoms with Crippen molar-refractivity contribution in [1.29, 1.82) is 0 Å². The molecule has 3 aromatic rings. The molecular formula is C26H28Br3NS2Sn. The van der Waals surface area contributed by atoms with Gasteiger partial charge in [-0.25, -0.2) is 0 Å². The third-order valence-corrected chi connectivity index (χ3v) is 27.7. The molecular weight excluding hydrogens is 749 g/mol. The zero-order chi connectivity index (χ0) is 23.8. The summed E-state index contributed by atoms with van der Waals surface area (Å²) in [5.41, 5.74) is 4.17. The van der Waals surface area contributed by atoms with Crippen molar-refractivity contribution in [2.24, 2.45) is 0 Å². The van der Waals surface area contributed by atoms with E-state index in [0.29, 0.717) is 0 Å². The van der Waals surface area contributed by atoms with Gasteiger partial charge in [0.25, 0.3) is 0 Å². The number of hydrogen-bond acceptors (Lipinski definition) is 2. The summed E-state index contributed by atoms with van der Waals surface area (Å²) in [5.74, 6) is 0. The van der Waals surface area contributed by atoms with E-state index in [1.165, 1.54) is 30.1 Å². The number of hydrogen-bond donors (Lipinski definition) is 0. The van der Waals surface area contributed by atoms with Gasteiger partial charge in [-0.05, 0) is 0 Å². The molecule has 0 spiro atoms. The quantitative estimate of drug-likeness (QED) is 0.158. The molecule has 3 aromatic carbocycles. The predicted molar refractivity (Wildman–Crippen MR) is 162 cm³/mol. The van der Waals surface area contributed by atoms with E-state index in [9.17, 15) is 0 Å². The molecule has 0 amide bonds. The number of nitrogens with zero attached hydrogens (tertiary/aromatic N) is 1. The molecule has 0 aliphatic rings. The van der Waals surface area contributed by atoms with Gasteiger partial charge in [-0.1, -0.05) is 0 Å². The van der Waals surface area contributed by atoms with Crippen LogP contribution in [0.2, 0.25) is 0 Å². The maximum absolute atomic E-state index is 6.08. The van der Waals surface area contributed by atoms with Crippen molar-refractivity contribution < 1.29 is 0 Å². The second-order valence-electron chi connectivity index (χ2n) is 8.03. The van der Waals surface area contributed by atoms with E-state index in [1.54, 1.807) is 0 Å². The third-order valence-electron chi connectivity index (χ3n) is 5.74. The van der Waals surface area contributed by atoms with Crippen LogP contribution in [0.3, 0.4) is 0 Å². The number of thiocarbonyl (C=S) groups is 1. The number of rotatable bonds is 9. The van der Waals surface area contributed by atoms with Crippen LogP contribution in [0, 0.1) is 0 Å². The van der Waals surface area contributed by atoms with E-state index < -0.39 is 17.0 Å². The van der Waals surface area contributed by atoms with Gasteiger partial charge in [0.15, 0.2) is 0 Å². The molecule has 0 aliphatic carbocycles. The Balaban J connectivity index is 2.13. The van der Waals surface area contributed by atoms with E-state index in [1.807, 2.05) is 0 Å². The van der Waals surface area contributed by atoms with Gasteiger partial charge in [-0.2, -0.15) is 0 Å². The van der Waals surface area contributed by atoms with Crippen molar-refractivity contribution in [3.05, 3.63) is 103 Å². The van der Waals surface area contributed by atoms with Gasteiger partial charge in [0.05, 0.1) is 0 Å². The minimum atomic E-state index is -3.13. The van der Waals surface area contributed by atoms with Crippen molar-refractivity contribution >= 4 is 90.3 Å². The Kier molecular flexibility index (Phi) is 11.3. The molecule has 0 fully saturated rings. The Bertz CT molecular complexity index is 973. The summed E-state index contributed by atoms with van der Waals surface area (Å²) in [6.45, 7) is 6.29. The van der Waals surface area contributed by atoms with Crippen LogP contribution >= 0.6 is 69.0 Å². The van der Waals surface area contributed by atoms with Gasteiger partial charge in [-0.15, -0.1) is 0 Å². The fourth-order valence-corrected chi connectivity index (χ4v) is 31.2. The molecule has 7 heteroatoms. The first kappa shape index (κ1) is 27.7. The monoisotopic (exact) mass is 775 g/mol. The molecule has 0 aromatic heterocycles. The molecule has 0 N–H and O–H groups in total. The molecule has 0 unspecified atom stereocenters. The summed E-state index contributed by atoms with van der Waals surface area (Å²) < 4.78 is 7.95. The van der Waals surface area contributed by atoms with Crippen molar-refractivity contribution in [2.75, 3.05) is 13.1 Å². The molecule has 33 heavy (non-hydrogen) atoms. The topological polar surface area (TPSA) is 3.24 Å². The Morgan fingerprint density at radius 1 is 0.697 bits per heavy atom. The first-order valence-electron chi connectivity index (χ1n) is 11.1. The molecule has 174 valence electrons. The summed E-state index contributed by atoms with van der Waals surface area (Å²) in [6.07, 6.45) is 0. The summed E-state index contributed by atoms with van der Waals surface area (Å²) in [6, 6.07) is 26.1. The van der Waals surface area contributed by atoms with Crippen LogP contribution in [-0.4, -0.2) is 39.3 Å². The average Bonchev–Trinajstić information content (AvgIpc) is 2.79. The van der Waals surface area contributed by atoms with Gasteiger partial charge < -0.3 is 0 Å². The van der Waals surface area contributed by atoms with Crippen LogP contribution in [0.4, 0.5) is 0 Å². The molecule has 0 radical (unpaired) electrons. The van der Waals surface area contributed by atoms with Crippen LogP contribution in [-0.2, 0) is 13.3 Å². The molecule has 0 aliphatic heterocycles. The van der Waals surface area contributed by atoms with Crippen LogP contribution in [0.15, 0.2) is 86.2 Å². The van der Waals surface area contributed by atoms with Crippen molar-refractivity contribution in [3.63, 3.8) is 0 Å². The van der Waals surface area contributed by atoms with Gasteiger partial charge >= 0.3 is 238 Å². The second kappa shape index (κ2) is 13.4. The van der Waals surface area contributed by atoms with E-state index in [4.69, 9.17) is 12.2 Å². The molecule has 0 saturated carbocycles. The normalized spacial score (nSPS) is 11.4. The number of benzene rings is 3. The fourth-order valence-electron chi connectivity index (χ4n) is 3.99. The minimum absolute atomic E-state index is 0.948. The molecule has 0 heterocycles. The van der Waals surface area contributed by atoms with E-state index >= 15 is 0 Å². The molecule has 3 rings (SSSR count). The summed E-state index contributed by atoms with van der Waals surface area (Å²) >= 11 is 14.4. The van der Waals surface area contributed by atoms with Gasteiger partial charge in [0.2, 0.25) is 0 Å². The van der Waals surface area contributed by atoms with Crippen LogP contribution < -0.4 is 0 Å². The molecule has 0 saturated heterocycles. The first-order valence-corrected chi connectivity index (χ1v) is 24.2. The summed E-state index contributed by atoms with van der Waals surface area (Å²) in [4.78, 5) is 2.34. The SMILES string of the molecule is CCN(CC)C(=S)[S][Sn]([CH2]c1ccccc1Br)([CH2]c1ccccc1Br)[CH2]c1ccccc1Br. The maximum atomic E-state index is 6.08. The Labute approximate surface area is 235 Å².